The van der Waals surface area contributed by atoms with Crippen LogP contribution in [0.1, 0.15) is 38.4 Å². The van der Waals surface area contributed by atoms with Crippen LogP contribution < -0.4 is 16.2 Å². The van der Waals surface area contributed by atoms with Gasteiger partial charge < -0.3 is 20.3 Å². The Morgan fingerprint density at radius 2 is 1.79 bits per heavy atom. The number of hydrogen-bond donors (Lipinski definition) is 2. The van der Waals surface area contributed by atoms with Crippen LogP contribution in [0.3, 0.4) is 0 Å². The van der Waals surface area contributed by atoms with Crippen LogP contribution in [0.15, 0.2) is 59.5 Å². The number of anilines is 2. The number of nitrogens with zero attached hydrogens (tertiary/aromatic N) is 6. The molecule has 7 rings (SSSR count). The third-order valence-corrected chi connectivity index (χ3v) is 8.53. The first kappa shape index (κ1) is 31.2. The van der Waals surface area contributed by atoms with Crippen LogP contribution in [-0.4, -0.2) is 68.8 Å². The van der Waals surface area contributed by atoms with Gasteiger partial charge in [0.05, 0.1) is 47.7 Å². The fraction of sp³-hybridized carbons (Fsp3) is 0.273. The highest BCUT2D eigenvalue weighted by Gasteiger charge is 2.35. The summed E-state index contributed by atoms with van der Waals surface area (Å²) in [6.07, 6.45) is -2.98. The Kier molecular flexibility index (Phi) is 7.99. The number of benzene rings is 2. The van der Waals surface area contributed by atoms with Crippen molar-refractivity contribution in [3.05, 3.63) is 105 Å². The third-order valence-electron chi connectivity index (χ3n) is 8.53. The van der Waals surface area contributed by atoms with E-state index in [1.165, 1.54) is 23.2 Å². The minimum Gasteiger partial charge on any atom is -0.383 e. The Hall–Kier alpha value is -5.44. The van der Waals surface area contributed by atoms with Crippen molar-refractivity contribution in [2.24, 2.45) is 0 Å². The van der Waals surface area contributed by atoms with Crippen molar-refractivity contribution < 1.29 is 27.1 Å². The van der Waals surface area contributed by atoms with E-state index in [0.717, 1.165) is 11.6 Å². The van der Waals surface area contributed by atoms with E-state index in [1.54, 1.807) is 30.3 Å². The Labute approximate surface area is 270 Å². The summed E-state index contributed by atoms with van der Waals surface area (Å²) >= 11 is 0. The van der Waals surface area contributed by atoms with Gasteiger partial charge in [0.25, 0.3) is 11.5 Å². The normalized spacial score (nSPS) is 15.1. The van der Waals surface area contributed by atoms with Crippen LogP contribution >= 0.6 is 0 Å². The Morgan fingerprint density at radius 1 is 1.02 bits per heavy atom. The van der Waals surface area contributed by atoms with Crippen LogP contribution in [0.5, 0.6) is 0 Å². The number of amides is 1. The zero-order chi connectivity index (χ0) is 33.6. The molecule has 0 bridgehead atoms. The maximum Gasteiger partial charge on any atom is 0.419 e. The molecule has 1 amide bonds. The number of rotatable bonds is 5. The molecule has 1 fully saturated rings. The molecule has 2 aromatic carbocycles. The van der Waals surface area contributed by atoms with Gasteiger partial charge in [-0.05, 0) is 36.2 Å². The van der Waals surface area contributed by atoms with Crippen LogP contribution in [0, 0.1) is 5.82 Å². The van der Waals surface area contributed by atoms with Crippen molar-refractivity contribution in [3.63, 3.8) is 0 Å². The monoisotopic (exact) mass is 660 g/mol. The molecule has 5 heterocycles. The molecule has 3 aromatic heterocycles. The topological polar surface area (TPSA) is 143 Å². The number of aromatic nitrogens is 5. The molecular weight excluding hydrogens is 632 g/mol. The smallest absolute Gasteiger partial charge is 0.383 e. The summed E-state index contributed by atoms with van der Waals surface area (Å²) in [5.41, 5.74) is 6.33. The second-order valence-electron chi connectivity index (χ2n) is 11.6. The predicted octanol–water partition coefficient (Wildman–Crippen LogP) is 4.14. The summed E-state index contributed by atoms with van der Waals surface area (Å²) in [4.78, 5) is 42.5. The van der Waals surface area contributed by atoms with Crippen LogP contribution in [0.25, 0.3) is 22.2 Å². The standard InChI is InChI=1S/C33H28F4N8O3/c34-25-6-5-18(14-26-20-3-1-2-4-21(20)31(46)43-42-26)13-23(25)32(47)45-8-7-22-27(17-45)40-29(41-30(22)44-9-11-48-12-10-44)19-15-24(33(35,36)37)28(38)39-16-19/h1-6,13,15-16H,7-12,14,17H2,(H2,38,39)(H,43,46). The molecular formula is C33H28F4N8O3. The zero-order valence-electron chi connectivity index (χ0n) is 25.4. The second-order valence-corrected chi connectivity index (χ2v) is 11.6. The molecule has 3 N–H and O–H groups in total. The molecule has 0 saturated carbocycles. The van der Waals surface area contributed by atoms with Gasteiger partial charge in [-0.2, -0.15) is 18.3 Å². The lowest BCUT2D eigenvalue weighted by Crippen LogP contribution is -2.41. The molecule has 2 aliphatic rings. The number of alkyl halides is 3. The lowest BCUT2D eigenvalue weighted by Gasteiger charge is -2.34. The number of nitrogen functional groups attached to an aromatic ring is 1. The summed E-state index contributed by atoms with van der Waals surface area (Å²) in [5.74, 6) is -1.40. The average Bonchev–Trinajstić information content (AvgIpc) is 3.09. The Balaban J connectivity index is 1.22. The fourth-order valence-corrected chi connectivity index (χ4v) is 6.09. The van der Waals surface area contributed by atoms with Crippen LogP contribution in [0.2, 0.25) is 0 Å². The Morgan fingerprint density at radius 3 is 2.56 bits per heavy atom. The van der Waals surface area contributed by atoms with E-state index in [9.17, 15) is 22.8 Å². The maximum atomic E-state index is 15.2. The van der Waals surface area contributed by atoms with Gasteiger partial charge in [-0.25, -0.2) is 24.4 Å². The summed E-state index contributed by atoms with van der Waals surface area (Å²) in [5, 5.41) is 7.80. The zero-order valence-corrected chi connectivity index (χ0v) is 25.4. The van der Waals surface area contributed by atoms with E-state index in [4.69, 9.17) is 10.5 Å². The van der Waals surface area contributed by atoms with E-state index in [0.29, 0.717) is 66.3 Å². The largest absolute Gasteiger partial charge is 0.419 e. The summed E-state index contributed by atoms with van der Waals surface area (Å²) in [6, 6.07) is 12.1. The number of ether oxygens (including phenoxy) is 1. The van der Waals surface area contributed by atoms with Gasteiger partial charge in [0.1, 0.15) is 17.5 Å². The number of carbonyl (C=O) groups is 1. The number of carbonyl (C=O) groups excluding carboxylic acids is 1. The molecule has 246 valence electrons. The molecule has 48 heavy (non-hydrogen) atoms. The highest BCUT2D eigenvalue weighted by molar-refractivity contribution is 5.95. The number of nitrogens with two attached hydrogens (primary N) is 1. The van der Waals surface area contributed by atoms with Gasteiger partial charge in [0.2, 0.25) is 0 Å². The molecule has 0 aliphatic carbocycles. The lowest BCUT2D eigenvalue weighted by molar-refractivity contribution is -0.137. The van der Waals surface area contributed by atoms with Gasteiger partial charge >= 0.3 is 6.18 Å². The van der Waals surface area contributed by atoms with Crippen LogP contribution in [-0.2, 0) is 30.3 Å². The molecule has 0 atom stereocenters. The Bertz CT molecular complexity index is 2110. The highest BCUT2D eigenvalue weighted by Crippen LogP contribution is 2.36. The van der Waals surface area contributed by atoms with Gasteiger partial charge in [-0.1, -0.05) is 24.3 Å². The number of morpholine rings is 1. The van der Waals surface area contributed by atoms with Crippen molar-refractivity contribution in [1.29, 1.82) is 0 Å². The molecule has 0 unspecified atom stereocenters. The van der Waals surface area contributed by atoms with Gasteiger partial charge in [0, 0.05) is 48.8 Å². The van der Waals surface area contributed by atoms with E-state index >= 15 is 4.39 Å². The first-order valence-corrected chi connectivity index (χ1v) is 15.2. The first-order valence-electron chi connectivity index (χ1n) is 15.2. The molecule has 15 heteroatoms. The lowest BCUT2D eigenvalue weighted by atomic mass is 10.00. The van der Waals surface area contributed by atoms with Crippen molar-refractivity contribution in [1.82, 2.24) is 30.0 Å². The minimum absolute atomic E-state index is 0.00338. The van der Waals surface area contributed by atoms with E-state index in [1.807, 2.05) is 4.90 Å². The molecule has 11 nitrogen and oxygen atoms in total. The SMILES string of the molecule is Nc1ncc(-c2nc3c(c(N4CCOCC4)n2)CCN(C(=O)c2cc(Cc4n[nH]c(=O)c5ccccc45)ccc2F)C3)cc1C(F)(F)F. The van der Waals surface area contributed by atoms with Crippen molar-refractivity contribution in [2.45, 2.75) is 25.6 Å². The minimum atomic E-state index is -4.74. The quantitative estimate of drug-likeness (QED) is 0.266. The van der Waals surface area contributed by atoms with E-state index < -0.39 is 29.3 Å². The van der Waals surface area contributed by atoms with Gasteiger partial charge in [-0.15, -0.1) is 0 Å². The summed E-state index contributed by atoms with van der Waals surface area (Å²) in [6.45, 7) is 2.13. The number of nitrogens with one attached hydrogen (secondary N) is 1. The second kappa shape index (κ2) is 12.3. The number of hydrogen-bond acceptors (Lipinski definition) is 9. The molecule has 0 spiro atoms. The fourth-order valence-electron chi connectivity index (χ4n) is 6.09. The molecule has 0 radical (unpaired) electrons. The summed E-state index contributed by atoms with van der Waals surface area (Å²) < 4.78 is 61.7. The number of pyridine rings is 1. The molecule has 2 aliphatic heterocycles. The van der Waals surface area contributed by atoms with Gasteiger partial charge in [-0.3, -0.25) is 9.59 Å². The summed E-state index contributed by atoms with van der Waals surface area (Å²) in [7, 11) is 0. The number of aromatic amines is 1. The molecule has 5 aromatic rings. The maximum absolute atomic E-state index is 15.2. The number of fused-ring (bicyclic) bond motifs is 2. The van der Waals surface area contributed by atoms with Crippen molar-refractivity contribution in [3.8, 4) is 11.4 Å². The predicted molar refractivity (Wildman–Crippen MR) is 168 cm³/mol. The molecule has 1 saturated heterocycles. The average molecular weight is 661 g/mol. The van der Waals surface area contributed by atoms with E-state index in [2.05, 4.69) is 25.1 Å². The van der Waals surface area contributed by atoms with Gasteiger partial charge in [0.15, 0.2) is 5.82 Å². The third kappa shape index (κ3) is 5.92. The van der Waals surface area contributed by atoms with Crippen LogP contribution in [0.4, 0.5) is 29.2 Å². The number of halogens is 4. The highest BCUT2D eigenvalue weighted by atomic mass is 19.4. The van der Waals surface area contributed by atoms with E-state index in [-0.39, 0.29) is 42.0 Å². The van der Waals surface area contributed by atoms with Crippen molar-refractivity contribution >= 4 is 28.3 Å². The first-order chi connectivity index (χ1) is 23.1. The van der Waals surface area contributed by atoms with Crippen molar-refractivity contribution in [2.75, 3.05) is 43.5 Å². The number of H-pyrrole nitrogens is 1.